The first-order valence-corrected chi connectivity index (χ1v) is 8.16. The lowest BCUT2D eigenvalue weighted by molar-refractivity contribution is -0.132. The summed E-state index contributed by atoms with van der Waals surface area (Å²) in [6.45, 7) is 6.10. The van der Waals surface area contributed by atoms with E-state index in [4.69, 9.17) is 4.52 Å². The van der Waals surface area contributed by atoms with E-state index in [-0.39, 0.29) is 12.3 Å². The quantitative estimate of drug-likeness (QED) is 0.737. The van der Waals surface area contributed by atoms with Gasteiger partial charge in [0.25, 0.3) is 0 Å². The number of fused-ring (bicyclic) bond motifs is 2. The van der Waals surface area contributed by atoms with Gasteiger partial charge >= 0.3 is 0 Å². The first kappa shape index (κ1) is 14.9. The minimum Gasteiger partial charge on any atom is -0.356 e. The maximum atomic E-state index is 12.6. The van der Waals surface area contributed by atoms with Gasteiger partial charge in [-0.15, -0.1) is 10.2 Å². The highest BCUT2D eigenvalue weighted by Crippen LogP contribution is 2.21. The molecule has 0 saturated heterocycles. The summed E-state index contributed by atoms with van der Waals surface area (Å²) in [7, 11) is 0. The number of carbonyl (C=O) groups is 1. The van der Waals surface area contributed by atoms with Gasteiger partial charge in [0.05, 0.1) is 13.0 Å². The average molecular weight is 325 g/mol. The fourth-order valence-corrected chi connectivity index (χ4v) is 3.14. The van der Waals surface area contributed by atoms with Crippen molar-refractivity contribution in [2.45, 2.75) is 39.3 Å². The summed E-state index contributed by atoms with van der Waals surface area (Å²) in [5.74, 6) is 2.20. The van der Waals surface area contributed by atoms with E-state index in [9.17, 15) is 4.79 Å². The molecular weight excluding hydrogens is 306 g/mol. The summed E-state index contributed by atoms with van der Waals surface area (Å²) < 4.78 is 7.40. The van der Waals surface area contributed by atoms with Crippen molar-refractivity contribution in [1.29, 1.82) is 0 Å². The Kier molecular flexibility index (Phi) is 3.55. The third-order valence-corrected chi connectivity index (χ3v) is 4.42. The molecule has 0 fully saturated rings. The van der Waals surface area contributed by atoms with Gasteiger partial charge in [-0.2, -0.15) is 0 Å². The predicted molar refractivity (Wildman–Crippen MR) is 87.2 cm³/mol. The molecule has 4 rings (SSSR count). The Labute approximate surface area is 139 Å². The fourth-order valence-electron chi connectivity index (χ4n) is 3.14. The zero-order valence-corrected chi connectivity index (χ0v) is 13.8. The third-order valence-electron chi connectivity index (χ3n) is 4.42. The number of nitrogens with zero attached hydrogens (tertiary/aromatic N) is 5. The second-order valence-electron chi connectivity index (χ2n) is 6.40. The molecule has 0 spiro atoms. The normalized spacial score (nSPS) is 14.4. The highest BCUT2D eigenvalue weighted by atomic mass is 16.5. The Hall–Kier alpha value is -2.70. The van der Waals surface area contributed by atoms with Gasteiger partial charge in [0.2, 0.25) is 5.91 Å². The van der Waals surface area contributed by atoms with E-state index in [0.29, 0.717) is 30.3 Å². The van der Waals surface area contributed by atoms with Crippen molar-refractivity contribution in [3.8, 4) is 0 Å². The highest BCUT2D eigenvalue weighted by Gasteiger charge is 2.26. The second kappa shape index (κ2) is 5.74. The van der Waals surface area contributed by atoms with Gasteiger partial charge in [-0.05, 0) is 12.1 Å². The number of amides is 1. The summed E-state index contributed by atoms with van der Waals surface area (Å²) in [5, 5.41) is 13.4. The molecule has 2 aromatic heterocycles. The number of rotatable bonds is 3. The molecule has 7 heteroatoms. The zero-order valence-electron chi connectivity index (χ0n) is 13.8. The van der Waals surface area contributed by atoms with Crippen molar-refractivity contribution in [3.63, 3.8) is 0 Å². The average Bonchev–Trinajstić information content (AvgIpc) is 3.18. The van der Waals surface area contributed by atoms with E-state index >= 15 is 0 Å². The summed E-state index contributed by atoms with van der Waals surface area (Å²) in [5.41, 5.74) is 1.39. The van der Waals surface area contributed by atoms with E-state index in [1.54, 1.807) is 0 Å². The third kappa shape index (κ3) is 2.46. The first-order chi connectivity index (χ1) is 11.6. The maximum absolute atomic E-state index is 12.6. The lowest BCUT2D eigenvalue weighted by atomic mass is 10.1. The van der Waals surface area contributed by atoms with E-state index in [1.165, 1.54) is 0 Å². The van der Waals surface area contributed by atoms with Gasteiger partial charge in [-0.3, -0.25) is 4.79 Å². The van der Waals surface area contributed by atoms with Gasteiger partial charge in [-0.25, -0.2) is 0 Å². The van der Waals surface area contributed by atoms with E-state index in [2.05, 4.69) is 33.8 Å². The van der Waals surface area contributed by atoms with Crippen LogP contribution in [-0.2, 0) is 24.3 Å². The van der Waals surface area contributed by atoms with E-state index < -0.39 is 0 Å². The number of benzene rings is 1. The molecule has 0 N–H and O–H groups in total. The van der Waals surface area contributed by atoms with E-state index in [0.717, 1.165) is 23.6 Å². The van der Waals surface area contributed by atoms with Crippen molar-refractivity contribution in [2.75, 3.05) is 6.54 Å². The molecule has 0 unspecified atom stereocenters. The highest BCUT2D eigenvalue weighted by molar-refractivity contribution is 5.86. The Balaban J connectivity index is 1.51. The monoisotopic (exact) mass is 325 g/mol. The molecule has 0 atom stereocenters. The van der Waals surface area contributed by atoms with Crippen molar-refractivity contribution in [2.24, 2.45) is 0 Å². The molecule has 124 valence electrons. The Morgan fingerprint density at radius 1 is 1.25 bits per heavy atom. The van der Waals surface area contributed by atoms with Crippen LogP contribution in [-0.4, -0.2) is 37.3 Å². The Morgan fingerprint density at radius 2 is 2.08 bits per heavy atom. The molecule has 0 saturated carbocycles. The summed E-state index contributed by atoms with van der Waals surface area (Å²) in [4.78, 5) is 14.5. The number of para-hydroxylation sites is 1. The lowest BCUT2D eigenvalue weighted by Crippen LogP contribution is -2.39. The van der Waals surface area contributed by atoms with Gasteiger partial charge in [0, 0.05) is 24.4 Å². The van der Waals surface area contributed by atoms with E-state index in [1.807, 2.05) is 29.2 Å². The minimum absolute atomic E-state index is 0.0365. The Morgan fingerprint density at radius 3 is 2.92 bits per heavy atom. The van der Waals surface area contributed by atoms with Crippen LogP contribution in [0.2, 0.25) is 0 Å². The second-order valence-corrected chi connectivity index (χ2v) is 6.40. The first-order valence-electron chi connectivity index (χ1n) is 8.16. The molecule has 7 nitrogen and oxygen atoms in total. The summed E-state index contributed by atoms with van der Waals surface area (Å²) in [6.07, 6.45) is 0.238. The molecule has 3 aromatic rings. The van der Waals surface area contributed by atoms with Gasteiger partial charge in [0.1, 0.15) is 11.5 Å². The molecule has 0 radical (unpaired) electrons. The van der Waals surface area contributed by atoms with Crippen LogP contribution in [0.1, 0.15) is 37.1 Å². The number of hydrogen-bond donors (Lipinski definition) is 0. The molecule has 1 aliphatic rings. The van der Waals surface area contributed by atoms with Gasteiger partial charge in [-0.1, -0.05) is 31.1 Å². The molecule has 3 heterocycles. The molecule has 24 heavy (non-hydrogen) atoms. The van der Waals surface area contributed by atoms with Crippen LogP contribution in [0.15, 0.2) is 28.8 Å². The molecule has 1 aromatic carbocycles. The van der Waals surface area contributed by atoms with Crippen molar-refractivity contribution < 1.29 is 9.32 Å². The number of hydrogen-bond acceptors (Lipinski definition) is 5. The molecule has 1 amide bonds. The lowest BCUT2D eigenvalue weighted by Gasteiger charge is -2.28. The molecule has 1 aliphatic heterocycles. The molecule has 0 aliphatic carbocycles. The predicted octanol–water partition coefficient (Wildman–Crippen LogP) is 2.13. The standard InChI is InChI=1S/C17H19N5O2/c1-11(2)17-19-18-15-10-21(7-8-22(15)17)16(23)9-13-12-5-3-4-6-14(12)24-20-13/h3-6,11H,7-10H2,1-2H3. The van der Waals surface area contributed by atoms with Crippen LogP contribution in [0.5, 0.6) is 0 Å². The smallest absolute Gasteiger partial charge is 0.229 e. The van der Waals surface area contributed by atoms with Gasteiger partial charge in [0.15, 0.2) is 11.4 Å². The summed E-state index contributed by atoms with van der Waals surface area (Å²) >= 11 is 0. The SMILES string of the molecule is CC(C)c1nnc2n1CCN(C(=O)Cc1noc3ccccc13)C2. The molecular formula is C17H19N5O2. The molecule has 0 bridgehead atoms. The van der Waals surface area contributed by atoms with Crippen molar-refractivity contribution >= 4 is 16.9 Å². The van der Waals surface area contributed by atoms with Crippen LogP contribution in [0.4, 0.5) is 0 Å². The van der Waals surface area contributed by atoms with Crippen LogP contribution in [0, 0.1) is 0 Å². The number of aromatic nitrogens is 4. The van der Waals surface area contributed by atoms with Crippen molar-refractivity contribution in [3.05, 3.63) is 41.6 Å². The van der Waals surface area contributed by atoms with Crippen LogP contribution < -0.4 is 0 Å². The zero-order chi connectivity index (χ0) is 16.7. The topological polar surface area (TPSA) is 77.1 Å². The summed E-state index contributed by atoms with van der Waals surface area (Å²) in [6, 6.07) is 7.59. The Bertz CT molecular complexity index is 895. The van der Waals surface area contributed by atoms with Crippen LogP contribution in [0.25, 0.3) is 11.0 Å². The number of carbonyl (C=O) groups excluding carboxylic acids is 1. The van der Waals surface area contributed by atoms with Crippen LogP contribution in [0.3, 0.4) is 0 Å². The fraction of sp³-hybridized carbons (Fsp3) is 0.412. The van der Waals surface area contributed by atoms with Crippen molar-refractivity contribution in [1.82, 2.24) is 24.8 Å². The maximum Gasteiger partial charge on any atom is 0.229 e. The van der Waals surface area contributed by atoms with Crippen LogP contribution >= 0.6 is 0 Å². The minimum atomic E-state index is 0.0365. The van der Waals surface area contributed by atoms with Gasteiger partial charge < -0.3 is 14.0 Å². The largest absolute Gasteiger partial charge is 0.356 e.